The van der Waals surface area contributed by atoms with E-state index in [1.165, 1.54) is 0 Å². The maximum atomic E-state index is 11.8. The molecule has 0 spiro atoms. The second-order valence-electron chi connectivity index (χ2n) is 4.00. The van der Waals surface area contributed by atoms with E-state index in [-0.39, 0.29) is 18.4 Å². The SMILES string of the molecule is CCOC(CN)CC(=O)Nn1c(C)ccc1C. The van der Waals surface area contributed by atoms with E-state index in [1.807, 2.05) is 32.9 Å². The molecule has 0 aliphatic rings. The molecule has 1 amide bonds. The number of hydrogen-bond donors (Lipinski definition) is 2. The number of nitrogens with two attached hydrogens (primary N) is 1. The Labute approximate surface area is 102 Å². The van der Waals surface area contributed by atoms with Crippen molar-refractivity contribution < 1.29 is 9.53 Å². The van der Waals surface area contributed by atoms with Gasteiger partial charge < -0.3 is 10.5 Å². The molecule has 17 heavy (non-hydrogen) atoms. The number of rotatable bonds is 6. The van der Waals surface area contributed by atoms with Gasteiger partial charge in [-0.1, -0.05) is 0 Å². The lowest BCUT2D eigenvalue weighted by Gasteiger charge is -2.16. The number of aryl methyl sites for hydroxylation is 2. The molecule has 1 rings (SSSR count). The lowest BCUT2D eigenvalue weighted by atomic mass is 10.2. The standard InChI is InChI=1S/C12H21N3O2/c1-4-17-11(8-13)7-12(16)14-15-9(2)5-6-10(15)3/h5-6,11H,4,7-8,13H2,1-3H3,(H,14,16). The molecule has 1 aromatic rings. The van der Waals surface area contributed by atoms with E-state index >= 15 is 0 Å². The van der Waals surface area contributed by atoms with Crippen molar-refractivity contribution in [3.8, 4) is 0 Å². The van der Waals surface area contributed by atoms with Crippen LogP contribution < -0.4 is 11.2 Å². The van der Waals surface area contributed by atoms with Gasteiger partial charge in [-0.15, -0.1) is 0 Å². The topological polar surface area (TPSA) is 69.3 Å². The van der Waals surface area contributed by atoms with Crippen LogP contribution in [0.15, 0.2) is 12.1 Å². The molecule has 0 aliphatic carbocycles. The monoisotopic (exact) mass is 239 g/mol. The van der Waals surface area contributed by atoms with Gasteiger partial charge in [0.2, 0.25) is 5.91 Å². The Hall–Kier alpha value is -1.33. The van der Waals surface area contributed by atoms with Crippen LogP contribution in [0.3, 0.4) is 0 Å². The summed E-state index contributed by atoms with van der Waals surface area (Å²) in [4.78, 5) is 11.8. The van der Waals surface area contributed by atoms with Crippen molar-refractivity contribution >= 4 is 5.91 Å². The van der Waals surface area contributed by atoms with Crippen molar-refractivity contribution in [2.75, 3.05) is 18.6 Å². The number of nitrogens with one attached hydrogen (secondary N) is 1. The van der Waals surface area contributed by atoms with E-state index in [0.29, 0.717) is 13.2 Å². The molecular weight excluding hydrogens is 218 g/mol. The van der Waals surface area contributed by atoms with Crippen molar-refractivity contribution in [2.24, 2.45) is 5.73 Å². The third-order valence-corrected chi connectivity index (χ3v) is 2.59. The summed E-state index contributed by atoms with van der Waals surface area (Å²) in [5, 5.41) is 0. The molecule has 0 radical (unpaired) electrons. The molecule has 0 aliphatic heterocycles. The zero-order chi connectivity index (χ0) is 12.8. The fraction of sp³-hybridized carbons (Fsp3) is 0.583. The van der Waals surface area contributed by atoms with E-state index < -0.39 is 0 Å². The van der Waals surface area contributed by atoms with Crippen LogP contribution in [0.1, 0.15) is 24.7 Å². The largest absolute Gasteiger partial charge is 0.377 e. The average Bonchev–Trinajstić information content (AvgIpc) is 2.60. The average molecular weight is 239 g/mol. The molecular formula is C12H21N3O2. The number of aromatic nitrogens is 1. The summed E-state index contributed by atoms with van der Waals surface area (Å²) in [6.45, 7) is 6.69. The maximum Gasteiger partial charge on any atom is 0.241 e. The van der Waals surface area contributed by atoms with Gasteiger partial charge in [-0.2, -0.15) is 0 Å². The van der Waals surface area contributed by atoms with E-state index in [0.717, 1.165) is 11.4 Å². The molecule has 96 valence electrons. The van der Waals surface area contributed by atoms with Crippen molar-refractivity contribution in [1.82, 2.24) is 4.68 Å². The van der Waals surface area contributed by atoms with Gasteiger partial charge in [0.25, 0.3) is 0 Å². The summed E-state index contributed by atoms with van der Waals surface area (Å²) in [5.74, 6) is -0.0868. The van der Waals surface area contributed by atoms with Gasteiger partial charge in [0.05, 0.1) is 12.5 Å². The van der Waals surface area contributed by atoms with Crippen LogP contribution in [0.2, 0.25) is 0 Å². The molecule has 3 N–H and O–H groups in total. The Morgan fingerprint density at radius 2 is 2.06 bits per heavy atom. The number of carbonyl (C=O) groups excluding carboxylic acids is 1. The lowest BCUT2D eigenvalue weighted by molar-refractivity contribution is -0.119. The van der Waals surface area contributed by atoms with E-state index in [2.05, 4.69) is 5.43 Å². The van der Waals surface area contributed by atoms with Crippen molar-refractivity contribution in [3.63, 3.8) is 0 Å². The first kappa shape index (κ1) is 13.7. The Bertz CT molecular complexity index is 354. The fourth-order valence-corrected chi connectivity index (χ4v) is 1.67. The van der Waals surface area contributed by atoms with Gasteiger partial charge in [-0.05, 0) is 32.9 Å². The predicted molar refractivity (Wildman–Crippen MR) is 67.4 cm³/mol. The smallest absolute Gasteiger partial charge is 0.241 e. The molecule has 1 unspecified atom stereocenters. The Kier molecular flexibility index (Phi) is 5.18. The van der Waals surface area contributed by atoms with Gasteiger partial charge in [-0.25, -0.2) is 0 Å². The first-order valence-electron chi connectivity index (χ1n) is 5.85. The van der Waals surface area contributed by atoms with Gasteiger partial charge in [0, 0.05) is 24.5 Å². The number of amides is 1. The van der Waals surface area contributed by atoms with E-state index in [4.69, 9.17) is 10.5 Å². The molecule has 1 atom stereocenters. The molecule has 0 saturated heterocycles. The summed E-state index contributed by atoms with van der Waals surface area (Å²) in [5.41, 5.74) is 10.3. The van der Waals surface area contributed by atoms with E-state index in [1.54, 1.807) is 4.68 Å². The Balaban J connectivity index is 2.55. The molecule has 5 heteroatoms. The van der Waals surface area contributed by atoms with Crippen molar-refractivity contribution in [1.29, 1.82) is 0 Å². The zero-order valence-corrected chi connectivity index (χ0v) is 10.7. The quantitative estimate of drug-likeness (QED) is 0.776. The van der Waals surface area contributed by atoms with Gasteiger partial charge in [-0.3, -0.25) is 14.9 Å². The molecule has 1 aromatic heterocycles. The second kappa shape index (κ2) is 6.42. The minimum Gasteiger partial charge on any atom is -0.377 e. The minimum absolute atomic E-state index is 0.0868. The van der Waals surface area contributed by atoms with Crippen LogP contribution in [-0.2, 0) is 9.53 Å². The highest BCUT2D eigenvalue weighted by Crippen LogP contribution is 2.05. The first-order chi connectivity index (χ1) is 8.08. The molecule has 0 saturated carbocycles. The Morgan fingerprint density at radius 3 is 2.53 bits per heavy atom. The number of carbonyl (C=O) groups is 1. The molecule has 0 fully saturated rings. The van der Waals surface area contributed by atoms with Crippen LogP contribution >= 0.6 is 0 Å². The highest BCUT2D eigenvalue weighted by molar-refractivity contribution is 5.84. The molecule has 1 heterocycles. The summed E-state index contributed by atoms with van der Waals surface area (Å²) in [6.07, 6.45) is 0.0673. The highest BCUT2D eigenvalue weighted by atomic mass is 16.5. The van der Waals surface area contributed by atoms with E-state index in [9.17, 15) is 4.79 Å². The number of hydrogen-bond acceptors (Lipinski definition) is 3. The highest BCUT2D eigenvalue weighted by Gasteiger charge is 2.13. The zero-order valence-electron chi connectivity index (χ0n) is 10.7. The maximum absolute atomic E-state index is 11.8. The van der Waals surface area contributed by atoms with Crippen LogP contribution in [0, 0.1) is 13.8 Å². The summed E-state index contributed by atoms with van der Waals surface area (Å²) >= 11 is 0. The van der Waals surface area contributed by atoms with Crippen molar-refractivity contribution in [2.45, 2.75) is 33.3 Å². The number of nitrogens with zero attached hydrogens (tertiary/aromatic N) is 1. The summed E-state index contributed by atoms with van der Waals surface area (Å²) in [7, 11) is 0. The molecule has 5 nitrogen and oxygen atoms in total. The number of ether oxygens (including phenoxy) is 1. The summed E-state index contributed by atoms with van der Waals surface area (Å²) in [6, 6.07) is 3.91. The van der Waals surface area contributed by atoms with Gasteiger partial charge in [0.15, 0.2) is 0 Å². The third-order valence-electron chi connectivity index (χ3n) is 2.59. The lowest BCUT2D eigenvalue weighted by Crippen LogP contribution is -2.32. The Morgan fingerprint density at radius 1 is 1.47 bits per heavy atom. The van der Waals surface area contributed by atoms with Crippen LogP contribution in [0.25, 0.3) is 0 Å². The first-order valence-corrected chi connectivity index (χ1v) is 5.85. The van der Waals surface area contributed by atoms with Crippen LogP contribution in [0.5, 0.6) is 0 Å². The molecule has 0 bridgehead atoms. The predicted octanol–water partition coefficient (Wildman–Crippen LogP) is 0.929. The van der Waals surface area contributed by atoms with Crippen LogP contribution in [-0.4, -0.2) is 29.8 Å². The third kappa shape index (κ3) is 3.87. The minimum atomic E-state index is -0.212. The normalized spacial score (nSPS) is 12.5. The van der Waals surface area contributed by atoms with Crippen molar-refractivity contribution in [3.05, 3.63) is 23.5 Å². The molecule has 0 aromatic carbocycles. The van der Waals surface area contributed by atoms with Gasteiger partial charge in [0.1, 0.15) is 0 Å². The van der Waals surface area contributed by atoms with Gasteiger partial charge >= 0.3 is 0 Å². The summed E-state index contributed by atoms with van der Waals surface area (Å²) < 4.78 is 7.11. The second-order valence-corrected chi connectivity index (χ2v) is 4.00. The fourth-order valence-electron chi connectivity index (χ4n) is 1.67. The van der Waals surface area contributed by atoms with Crippen LogP contribution in [0.4, 0.5) is 0 Å².